The van der Waals surface area contributed by atoms with Crippen molar-refractivity contribution >= 4 is 10.3 Å². The predicted molar refractivity (Wildman–Crippen MR) is 67.8 cm³/mol. The Morgan fingerprint density at radius 3 is 2.75 bits per heavy atom. The van der Waals surface area contributed by atoms with E-state index < -0.39 is 16.3 Å². The fraction of sp³-hybridized carbons (Fsp3) is 0.364. The fourth-order valence-electron chi connectivity index (χ4n) is 2.24. The van der Waals surface area contributed by atoms with Crippen molar-refractivity contribution in [3.63, 3.8) is 0 Å². The molecule has 1 fully saturated rings. The van der Waals surface area contributed by atoms with Crippen molar-refractivity contribution in [1.82, 2.24) is 19.5 Å². The van der Waals surface area contributed by atoms with Gasteiger partial charge in [0.1, 0.15) is 6.04 Å². The van der Waals surface area contributed by atoms with Crippen molar-refractivity contribution in [2.24, 2.45) is 0 Å². The topological polar surface area (TPSA) is 109 Å². The van der Waals surface area contributed by atoms with E-state index in [0.717, 1.165) is 4.31 Å². The molecular weight excluding hydrogens is 284 g/mol. The first-order valence-corrected chi connectivity index (χ1v) is 7.43. The summed E-state index contributed by atoms with van der Waals surface area (Å²) in [6.07, 6.45) is 4.37. The molecule has 0 spiro atoms. The Morgan fingerprint density at radius 2 is 2.05 bits per heavy atom. The molecule has 1 saturated heterocycles. The number of aromatic nitrogens is 3. The van der Waals surface area contributed by atoms with Crippen LogP contribution in [0.3, 0.4) is 0 Å². The quantitative estimate of drug-likeness (QED) is 0.843. The predicted octanol–water partition coefficient (Wildman–Crippen LogP) is 1.07. The van der Waals surface area contributed by atoms with Crippen molar-refractivity contribution in [2.45, 2.75) is 18.9 Å². The Kier molecular flexibility index (Phi) is 3.24. The number of pyridine rings is 1. The van der Waals surface area contributed by atoms with Crippen LogP contribution in [0, 0.1) is 0 Å². The van der Waals surface area contributed by atoms with Crippen LogP contribution in [0.2, 0.25) is 0 Å². The third kappa shape index (κ3) is 2.42. The van der Waals surface area contributed by atoms with E-state index in [9.17, 15) is 13.0 Å². The zero-order valence-electron chi connectivity index (χ0n) is 10.4. The fourth-order valence-corrected chi connectivity index (χ4v) is 3.12. The van der Waals surface area contributed by atoms with Crippen molar-refractivity contribution < 1.29 is 17.4 Å². The second kappa shape index (κ2) is 4.93. The van der Waals surface area contributed by atoms with Crippen molar-refractivity contribution in [3.8, 4) is 11.5 Å². The van der Waals surface area contributed by atoms with Crippen molar-refractivity contribution in [2.75, 3.05) is 6.54 Å². The van der Waals surface area contributed by atoms with Crippen molar-refractivity contribution in [1.29, 1.82) is 0 Å². The van der Waals surface area contributed by atoms with Crippen LogP contribution >= 0.6 is 0 Å². The average Bonchev–Trinajstić information content (AvgIpc) is 3.08. The van der Waals surface area contributed by atoms with E-state index >= 15 is 0 Å². The highest BCUT2D eigenvalue weighted by molar-refractivity contribution is 7.83. The molecule has 106 valence electrons. The third-order valence-electron chi connectivity index (χ3n) is 3.15. The first kappa shape index (κ1) is 13.2. The van der Waals surface area contributed by atoms with Crippen molar-refractivity contribution in [3.05, 3.63) is 30.4 Å². The van der Waals surface area contributed by atoms with E-state index in [1.54, 1.807) is 24.5 Å². The molecule has 20 heavy (non-hydrogen) atoms. The monoisotopic (exact) mass is 296 g/mol. The molecule has 9 heteroatoms. The number of nitrogens with zero attached hydrogens (tertiary/aromatic N) is 4. The van der Waals surface area contributed by atoms with Crippen LogP contribution in [-0.4, -0.2) is 39.0 Å². The number of hydrogen-bond acceptors (Lipinski definition) is 6. The molecule has 1 unspecified atom stereocenters. The summed E-state index contributed by atoms with van der Waals surface area (Å²) in [5.74, 6) is 0.483. The highest BCUT2D eigenvalue weighted by atomic mass is 32.2. The summed E-state index contributed by atoms with van der Waals surface area (Å²) in [4.78, 5) is 3.89. The highest BCUT2D eigenvalue weighted by Crippen LogP contribution is 2.33. The minimum atomic E-state index is -4.26. The van der Waals surface area contributed by atoms with Gasteiger partial charge in [-0.15, -0.1) is 10.2 Å². The Bertz CT molecular complexity index is 700. The summed E-state index contributed by atoms with van der Waals surface area (Å²) in [7, 11) is -4.26. The van der Waals surface area contributed by atoms with Gasteiger partial charge in [-0.25, -0.2) is 0 Å². The molecule has 1 aliphatic heterocycles. The molecule has 0 bridgehead atoms. The Hall–Kier alpha value is -1.84. The van der Waals surface area contributed by atoms with Gasteiger partial charge in [0.2, 0.25) is 11.8 Å². The van der Waals surface area contributed by atoms with Gasteiger partial charge in [0.05, 0.1) is 0 Å². The molecule has 0 saturated carbocycles. The molecule has 0 amide bonds. The van der Waals surface area contributed by atoms with Crippen LogP contribution in [0.5, 0.6) is 0 Å². The molecule has 1 aliphatic rings. The molecule has 3 rings (SSSR count). The van der Waals surface area contributed by atoms with Gasteiger partial charge in [0.25, 0.3) is 0 Å². The molecule has 2 aromatic heterocycles. The summed E-state index contributed by atoms with van der Waals surface area (Å²) in [5, 5.41) is 7.78. The molecule has 0 radical (unpaired) electrons. The van der Waals surface area contributed by atoms with E-state index in [-0.39, 0.29) is 12.4 Å². The molecule has 1 N–H and O–H groups in total. The van der Waals surface area contributed by atoms with Crippen LogP contribution in [0.4, 0.5) is 0 Å². The largest absolute Gasteiger partial charge is 0.419 e. The van der Waals surface area contributed by atoms with Crippen LogP contribution in [0.25, 0.3) is 11.5 Å². The third-order valence-corrected chi connectivity index (χ3v) is 4.18. The van der Waals surface area contributed by atoms with Gasteiger partial charge in [0, 0.05) is 24.5 Å². The van der Waals surface area contributed by atoms with Gasteiger partial charge < -0.3 is 4.42 Å². The number of hydrogen-bond donors (Lipinski definition) is 1. The zero-order valence-corrected chi connectivity index (χ0v) is 11.2. The van der Waals surface area contributed by atoms with E-state index in [4.69, 9.17) is 4.42 Å². The van der Waals surface area contributed by atoms with E-state index in [2.05, 4.69) is 15.2 Å². The second-order valence-electron chi connectivity index (χ2n) is 4.43. The van der Waals surface area contributed by atoms with Gasteiger partial charge in [-0.1, -0.05) is 0 Å². The lowest BCUT2D eigenvalue weighted by atomic mass is 10.2. The van der Waals surface area contributed by atoms with Gasteiger partial charge in [-0.3, -0.25) is 9.54 Å². The Morgan fingerprint density at radius 1 is 1.30 bits per heavy atom. The average molecular weight is 296 g/mol. The van der Waals surface area contributed by atoms with Crippen LogP contribution in [-0.2, 0) is 10.3 Å². The van der Waals surface area contributed by atoms with Gasteiger partial charge >= 0.3 is 10.3 Å². The zero-order chi connectivity index (χ0) is 14.2. The SMILES string of the molecule is O=S(=O)(O)N1CCCC1c1nnc(-c2ccncc2)o1. The first-order valence-electron chi connectivity index (χ1n) is 6.04. The highest BCUT2D eigenvalue weighted by Gasteiger charge is 2.37. The first-order chi connectivity index (χ1) is 9.55. The smallest absolute Gasteiger partial charge is 0.336 e. The Balaban J connectivity index is 1.91. The summed E-state index contributed by atoms with van der Waals surface area (Å²) < 4.78 is 38.2. The Labute approximate surface area is 115 Å². The minimum Gasteiger partial charge on any atom is -0.419 e. The van der Waals surface area contributed by atoms with E-state index in [1.165, 1.54) is 0 Å². The van der Waals surface area contributed by atoms with Crippen LogP contribution in [0.1, 0.15) is 24.8 Å². The molecule has 1 atom stereocenters. The maximum absolute atomic E-state index is 11.3. The molecule has 0 aliphatic carbocycles. The molecule has 0 aromatic carbocycles. The normalized spacial score (nSPS) is 20.4. The molecule has 2 aromatic rings. The molecule has 3 heterocycles. The maximum Gasteiger partial charge on any atom is 0.336 e. The van der Waals surface area contributed by atoms with Crippen LogP contribution < -0.4 is 0 Å². The summed E-state index contributed by atoms with van der Waals surface area (Å²) in [5.41, 5.74) is 0.704. The summed E-state index contributed by atoms with van der Waals surface area (Å²) >= 11 is 0. The van der Waals surface area contributed by atoms with E-state index in [0.29, 0.717) is 24.3 Å². The van der Waals surface area contributed by atoms with Gasteiger partial charge in [-0.05, 0) is 25.0 Å². The second-order valence-corrected chi connectivity index (χ2v) is 5.79. The minimum absolute atomic E-state index is 0.187. The molecular formula is C11H12N4O4S. The lowest BCUT2D eigenvalue weighted by molar-refractivity contribution is 0.300. The summed E-state index contributed by atoms with van der Waals surface area (Å²) in [6.45, 7) is 0.246. The summed E-state index contributed by atoms with van der Waals surface area (Å²) in [6, 6.07) is 2.83. The van der Waals surface area contributed by atoms with E-state index in [1.807, 2.05) is 0 Å². The lowest BCUT2D eigenvalue weighted by Crippen LogP contribution is -2.30. The maximum atomic E-state index is 11.3. The molecule has 8 nitrogen and oxygen atoms in total. The number of rotatable bonds is 3. The van der Waals surface area contributed by atoms with Gasteiger partial charge in [-0.2, -0.15) is 12.7 Å². The lowest BCUT2D eigenvalue weighted by Gasteiger charge is -2.16. The van der Waals surface area contributed by atoms with Gasteiger partial charge in [0.15, 0.2) is 0 Å². The van der Waals surface area contributed by atoms with Crippen LogP contribution in [0.15, 0.2) is 28.9 Å². The standard InChI is InChI=1S/C11H12N4O4S/c16-20(17,18)15-7-1-2-9(15)11-14-13-10(19-11)8-3-5-12-6-4-8/h3-6,9H,1-2,7H2,(H,16,17,18).